The average Bonchev–Trinajstić information content (AvgIpc) is 3.05. The van der Waals surface area contributed by atoms with Crippen LogP contribution in [0.25, 0.3) is 0 Å². The number of hydrogen-bond acceptors (Lipinski definition) is 4. The van der Waals surface area contributed by atoms with E-state index in [9.17, 15) is 9.59 Å². The zero-order valence-electron chi connectivity index (χ0n) is 15.8. The van der Waals surface area contributed by atoms with Crippen LogP contribution in [0.5, 0.6) is 0 Å². The number of urea groups is 1. The highest BCUT2D eigenvalue weighted by Gasteiger charge is 2.30. The van der Waals surface area contributed by atoms with Gasteiger partial charge in [0, 0.05) is 45.0 Å². The van der Waals surface area contributed by atoms with Crippen molar-refractivity contribution in [3.63, 3.8) is 0 Å². The molecule has 0 spiro atoms. The van der Waals surface area contributed by atoms with Crippen LogP contribution in [0.4, 0.5) is 4.79 Å². The summed E-state index contributed by atoms with van der Waals surface area (Å²) < 4.78 is 5.07. The highest BCUT2D eigenvalue weighted by Crippen LogP contribution is 2.20. The minimum Gasteiger partial charge on any atom is -0.383 e. The number of hydrogen-bond donors (Lipinski definition) is 1. The Bertz CT molecular complexity index is 653. The molecule has 1 aromatic heterocycles. The molecule has 0 unspecified atom stereocenters. The number of nitrogens with zero attached hydrogens (tertiary/aromatic N) is 3. The number of pyridine rings is 1. The third kappa shape index (κ3) is 5.08. The number of ether oxygens (including phenoxy) is 1. The van der Waals surface area contributed by atoms with Crippen LogP contribution in [0.15, 0.2) is 12.3 Å². The van der Waals surface area contributed by atoms with Gasteiger partial charge in [-0.15, -0.1) is 0 Å². The first-order chi connectivity index (χ1) is 12.3. The molecule has 2 heterocycles. The second-order valence-corrected chi connectivity index (χ2v) is 7.18. The number of likely N-dealkylation sites (tertiary alicyclic amines) is 1. The van der Waals surface area contributed by atoms with E-state index in [0.717, 1.165) is 5.56 Å². The van der Waals surface area contributed by atoms with E-state index in [1.807, 2.05) is 20.8 Å². The molecule has 144 valence electrons. The van der Waals surface area contributed by atoms with Crippen LogP contribution in [-0.2, 0) is 4.74 Å². The minimum absolute atomic E-state index is 0.0708. The number of aromatic nitrogens is 1. The van der Waals surface area contributed by atoms with Gasteiger partial charge in [-0.25, -0.2) is 9.78 Å². The topological polar surface area (TPSA) is 74.8 Å². The molecule has 1 aliphatic rings. The van der Waals surface area contributed by atoms with Crippen molar-refractivity contribution in [2.75, 3.05) is 33.4 Å². The van der Waals surface area contributed by atoms with Crippen molar-refractivity contribution >= 4 is 23.5 Å². The van der Waals surface area contributed by atoms with E-state index >= 15 is 0 Å². The molecule has 0 aromatic carbocycles. The molecule has 26 heavy (non-hydrogen) atoms. The van der Waals surface area contributed by atoms with Crippen LogP contribution < -0.4 is 5.32 Å². The van der Waals surface area contributed by atoms with Crippen molar-refractivity contribution < 1.29 is 14.3 Å². The molecule has 0 bridgehead atoms. The molecule has 0 radical (unpaired) electrons. The van der Waals surface area contributed by atoms with E-state index < -0.39 is 0 Å². The van der Waals surface area contributed by atoms with Gasteiger partial charge in [0.05, 0.1) is 12.2 Å². The van der Waals surface area contributed by atoms with E-state index in [0.29, 0.717) is 38.2 Å². The molecule has 2 rings (SSSR count). The smallest absolute Gasteiger partial charge is 0.317 e. The van der Waals surface area contributed by atoms with Crippen molar-refractivity contribution in [2.24, 2.45) is 0 Å². The Hall–Kier alpha value is -1.86. The van der Waals surface area contributed by atoms with Gasteiger partial charge in [0.15, 0.2) is 0 Å². The van der Waals surface area contributed by atoms with Gasteiger partial charge >= 0.3 is 6.03 Å². The maximum atomic E-state index is 12.7. The number of amides is 3. The van der Waals surface area contributed by atoms with Gasteiger partial charge < -0.3 is 19.9 Å². The van der Waals surface area contributed by atoms with Crippen LogP contribution in [0.3, 0.4) is 0 Å². The van der Waals surface area contributed by atoms with E-state index in [4.69, 9.17) is 16.3 Å². The third-order valence-electron chi connectivity index (χ3n) is 4.43. The Morgan fingerprint density at radius 3 is 2.88 bits per heavy atom. The molecule has 1 aliphatic heterocycles. The van der Waals surface area contributed by atoms with E-state index in [2.05, 4.69) is 10.3 Å². The van der Waals surface area contributed by atoms with Gasteiger partial charge in [-0.05, 0) is 38.8 Å². The molecule has 0 saturated carbocycles. The maximum absolute atomic E-state index is 12.7. The van der Waals surface area contributed by atoms with E-state index in [1.54, 1.807) is 29.2 Å². The molecule has 1 saturated heterocycles. The molecule has 7 nitrogen and oxygen atoms in total. The Kier molecular flexibility index (Phi) is 7.23. The fourth-order valence-corrected chi connectivity index (χ4v) is 3.16. The summed E-state index contributed by atoms with van der Waals surface area (Å²) in [6.45, 7) is 7.85. The molecule has 1 atom stereocenters. The molecule has 0 aliphatic carbocycles. The molecule has 3 amide bonds. The standard InChI is InChI=1S/C18H27ClN4O3/c1-12(2)23(7-8-26-4)18(25)21-14-5-6-22(11-14)17(24)15-9-13(3)10-20-16(15)19/h9-10,12,14H,5-8,11H2,1-4H3,(H,21,25)/t14-/m1/s1. The van der Waals surface area contributed by atoms with Crippen molar-refractivity contribution in [1.29, 1.82) is 0 Å². The van der Waals surface area contributed by atoms with Gasteiger partial charge in [-0.3, -0.25) is 4.79 Å². The lowest BCUT2D eigenvalue weighted by atomic mass is 10.2. The van der Waals surface area contributed by atoms with Gasteiger partial charge in [0.1, 0.15) is 5.15 Å². The fraction of sp³-hybridized carbons (Fsp3) is 0.611. The highest BCUT2D eigenvalue weighted by molar-refractivity contribution is 6.32. The van der Waals surface area contributed by atoms with Crippen molar-refractivity contribution in [2.45, 2.75) is 39.3 Å². The molecule has 1 aromatic rings. The highest BCUT2D eigenvalue weighted by atomic mass is 35.5. The molecular formula is C18H27ClN4O3. The minimum atomic E-state index is -0.150. The van der Waals surface area contributed by atoms with Crippen LogP contribution in [-0.4, -0.2) is 72.2 Å². The van der Waals surface area contributed by atoms with Gasteiger partial charge in [0.25, 0.3) is 5.91 Å². The summed E-state index contributed by atoms with van der Waals surface area (Å²) in [5.41, 5.74) is 1.29. The van der Waals surface area contributed by atoms with E-state index in [-0.39, 0.29) is 29.2 Å². The Labute approximate surface area is 159 Å². The number of nitrogens with one attached hydrogen (secondary N) is 1. The van der Waals surface area contributed by atoms with E-state index in [1.165, 1.54) is 0 Å². The molecule has 1 N–H and O–H groups in total. The summed E-state index contributed by atoms with van der Waals surface area (Å²) in [5, 5.41) is 3.23. The lowest BCUT2D eigenvalue weighted by molar-refractivity contribution is 0.0788. The number of aryl methyl sites for hydroxylation is 1. The van der Waals surface area contributed by atoms with Crippen molar-refractivity contribution in [1.82, 2.24) is 20.1 Å². The summed E-state index contributed by atoms with van der Waals surface area (Å²) >= 11 is 6.07. The summed E-state index contributed by atoms with van der Waals surface area (Å²) in [4.78, 5) is 32.7. The first-order valence-electron chi connectivity index (χ1n) is 8.81. The molecular weight excluding hydrogens is 356 g/mol. The van der Waals surface area contributed by atoms with Gasteiger partial charge in [0.2, 0.25) is 0 Å². The first kappa shape index (κ1) is 20.5. The second kappa shape index (κ2) is 9.19. The number of halogens is 1. The Morgan fingerprint density at radius 1 is 1.50 bits per heavy atom. The normalized spacial score (nSPS) is 16.8. The predicted molar refractivity (Wildman–Crippen MR) is 101 cm³/mol. The fourth-order valence-electron chi connectivity index (χ4n) is 2.98. The molecule has 8 heteroatoms. The maximum Gasteiger partial charge on any atom is 0.317 e. The van der Waals surface area contributed by atoms with Crippen molar-refractivity contribution in [3.05, 3.63) is 28.5 Å². The lowest BCUT2D eigenvalue weighted by Crippen LogP contribution is -2.49. The van der Waals surface area contributed by atoms with Crippen LogP contribution in [0.1, 0.15) is 36.2 Å². The molecule has 1 fully saturated rings. The Balaban J connectivity index is 1.96. The number of methoxy groups -OCH3 is 1. The number of carbonyl (C=O) groups excluding carboxylic acids is 2. The van der Waals surface area contributed by atoms with Crippen LogP contribution in [0, 0.1) is 6.92 Å². The average molecular weight is 383 g/mol. The zero-order chi connectivity index (χ0) is 19.3. The lowest BCUT2D eigenvalue weighted by Gasteiger charge is -2.28. The third-order valence-corrected chi connectivity index (χ3v) is 4.73. The summed E-state index contributed by atoms with van der Waals surface area (Å²) in [5.74, 6) is -0.150. The van der Waals surface area contributed by atoms with Crippen molar-refractivity contribution in [3.8, 4) is 0 Å². The van der Waals surface area contributed by atoms with Crippen LogP contribution in [0.2, 0.25) is 5.15 Å². The van der Waals surface area contributed by atoms with Crippen LogP contribution >= 0.6 is 11.6 Å². The Morgan fingerprint density at radius 2 is 2.23 bits per heavy atom. The summed E-state index contributed by atoms with van der Waals surface area (Å²) in [6.07, 6.45) is 2.34. The number of carbonyl (C=O) groups is 2. The SMILES string of the molecule is COCCN(C(=O)N[C@@H]1CCN(C(=O)c2cc(C)cnc2Cl)C1)C(C)C. The van der Waals surface area contributed by atoms with Gasteiger partial charge in [-0.2, -0.15) is 0 Å². The van der Waals surface area contributed by atoms with Gasteiger partial charge in [-0.1, -0.05) is 11.6 Å². The zero-order valence-corrected chi connectivity index (χ0v) is 16.5. The quantitative estimate of drug-likeness (QED) is 0.766. The second-order valence-electron chi connectivity index (χ2n) is 6.82. The summed E-state index contributed by atoms with van der Waals surface area (Å²) in [6, 6.07) is 1.61. The predicted octanol–water partition coefficient (Wildman–Crippen LogP) is 2.32. The first-order valence-corrected chi connectivity index (χ1v) is 9.18. The number of rotatable bonds is 6. The largest absolute Gasteiger partial charge is 0.383 e. The monoisotopic (exact) mass is 382 g/mol. The summed E-state index contributed by atoms with van der Waals surface area (Å²) in [7, 11) is 1.61.